The molecule has 0 radical (unpaired) electrons. The molecule has 2 aliphatic carbocycles. The maximum absolute atomic E-state index is 13.7. The van der Waals surface area contributed by atoms with Gasteiger partial charge < -0.3 is 25.6 Å². The number of hydrogen-bond donors (Lipinski definition) is 3. The quantitative estimate of drug-likeness (QED) is 0.363. The van der Waals surface area contributed by atoms with Gasteiger partial charge in [-0.2, -0.15) is 0 Å². The number of likely N-dealkylation sites (tertiary alicyclic amines) is 1. The Hall–Kier alpha value is -2.85. The maximum atomic E-state index is 13.7. The van der Waals surface area contributed by atoms with Gasteiger partial charge in [0.2, 0.25) is 17.6 Å². The molecule has 2 aliphatic heterocycles. The second kappa shape index (κ2) is 11.7. The predicted octanol–water partition coefficient (Wildman–Crippen LogP) is 1.86. The highest BCUT2D eigenvalue weighted by Gasteiger charge is 2.50. The third-order valence-electron chi connectivity index (χ3n) is 8.18. The van der Waals surface area contributed by atoms with E-state index >= 15 is 0 Å². The first-order chi connectivity index (χ1) is 18.7. The fourth-order valence-electron chi connectivity index (χ4n) is 6.00. The van der Waals surface area contributed by atoms with Gasteiger partial charge >= 0.3 is 0 Å². The molecule has 0 aromatic heterocycles. The Bertz CT molecular complexity index is 1170. The lowest BCUT2D eigenvalue weighted by atomic mass is 9.91. The third-order valence-corrected chi connectivity index (χ3v) is 8.71. The Morgan fingerprint density at radius 2 is 1.90 bits per heavy atom. The molecule has 39 heavy (non-hydrogen) atoms. The van der Waals surface area contributed by atoms with Crippen molar-refractivity contribution in [2.45, 2.75) is 63.1 Å². The zero-order valence-electron chi connectivity index (χ0n) is 21.4. The van der Waals surface area contributed by atoms with E-state index < -0.39 is 35.6 Å². The minimum absolute atomic E-state index is 0.0242. The van der Waals surface area contributed by atoms with E-state index in [1.54, 1.807) is 12.1 Å². The van der Waals surface area contributed by atoms with Crippen LogP contribution in [0.15, 0.2) is 18.2 Å². The number of hydrogen-bond acceptors (Lipinski definition) is 6. The molecule has 1 aromatic carbocycles. The van der Waals surface area contributed by atoms with Crippen molar-refractivity contribution in [3.63, 3.8) is 0 Å². The Morgan fingerprint density at radius 3 is 2.59 bits per heavy atom. The van der Waals surface area contributed by atoms with Crippen molar-refractivity contribution in [3.8, 4) is 5.75 Å². The van der Waals surface area contributed by atoms with Crippen LogP contribution in [0.5, 0.6) is 5.75 Å². The van der Waals surface area contributed by atoms with E-state index in [0.29, 0.717) is 30.3 Å². The van der Waals surface area contributed by atoms with E-state index in [1.165, 1.54) is 11.0 Å². The van der Waals surface area contributed by atoms with E-state index in [2.05, 4.69) is 16.0 Å². The maximum Gasteiger partial charge on any atom is 0.289 e. The summed E-state index contributed by atoms with van der Waals surface area (Å²) in [6.07, 6.45) is 4.80. The molecular formula is C27H32Cl2N4O6. The van der Waals surface area contributed by atoms with Gasteiger partial charge in [-0.05, 0) is 68.6 Å². The molecule has 0 spiro atoms. The van der Waals surface area contributed by atoms with Crippen LogP contribution in [0.2, 0.25) is 10.0 Å². The normalized spacial score (nSPS) is 26.5. The summed E-state index contributed by atoms with van der Waals surface area (Å²) in [6.45, 7) is 0.572. The van der Waals surface area contributed by atoms with Gasteiger partial charge in [-0.3, -0.25) is 24.0 Å². The minimum atomic E-state index is -1.16. The highest BCUT2D eigenvalue weighted by atomic mass is 35.5. The molecule has 10 nitrogen and oxygen atoms in total. The van der Waals surface area contributed by atoms with Crippen LogP contribution in [0.1, 0.15) is 44.9 Å². The highest BCUT2D eigenvalue weighted by Crippen LogP contribution is 2.42. The molecule has 12 heteroatoms. The topological polar surface area (TPSA) is 134 Å². The fraction of sp³-hybridized carbons (Fsp3) is 0.593. The first-order valence-corrected chi connectivity index (χ1v) is 14.3. The molecule has 2 saturated carbocycles. The van der Waals surface area contributed by atoms with Crippen LogP contribution in [0.3, 0.4) is 0 Å². The average Bonchev–Trinajstić information content (AvgIpc) is 3.26. The van der Waals surface area contributed by atoms with Gasteiger partial charge in [-0.25, -0.2) is 0 Å². The average molecular weight is 579 g/mol. The van der Waals surface area contributed by atoms with Gasteiger partial charge in [0.1, 0.15) is 11.8 Å². The van der Waals surface area contributed by atoms with Crippen molar-refractivity contribution in [3.05, 3.63) is 28.2 Å². The van der Waals surface area contributed by atoms with Gasteiger partial charge in [0.25, 0.3) is 11.8 Å². The number of ketones is 1. The standard InChI is InChI=1S/C27H32Cl2N4O6/c28-16-4-7-21(19(29)11-16)39-13-22(34)33-12-15-2-1-3-18(15)23(33)26(37)32-20(10-14-8-9-30-25(14)36)24(35)27(38)31-17-5-6-17/h4,7,11,14-15,17-18,20,23H,1-3,5-6,8-10,12-13H2,(H,30,36)(H,31,38)(H,32,37)/t14-,15-,18-,20-,23-/m0/s1. The van der Waals surface area contributed by atoms with Gasteiger partial charge in [-0.15, -0.1) is 0 Å². The predicted molar refractivity (Wildman–Crippen MR) is 142 cm³/mol. The van der Waals surface area contributed by atoms with Crippen LogP contribution in [-0.2, 0) is 24.0 Å². The number of carbonyl (C=O) groups excluding carboxylic acids is 5. The lowest BCUT2D eigenvalue weighted by Gasteiger charge is -2.29. The van der Waals surface area contributed by atoms with Crippen molar-refractivity contribution in [1.29, 1.82) is 0 Å². The summed E-state index contributed by atoms with van der Waals surface area (Å²) < 4.78 is 5.65. The molecule has 1 aromatic rings. The molecule has 0 unspecified atom stereocenters. The molecule has 4 fully saturated rings. The summed E-state index contributed by atoms with van der Waals surface area (Å²) >= 11 is 12.1. The molecule has 2 saturated heterocycles. The van der Waals surface area contributed by atoms with Gasteiger partial charge in [0, 0.05) is 30.1 Å². The molecule has 4 aliphatic rings. The van der Waals surface area contributed by atoms with Crippen molar-refractivity contribution in [2.75, 3.05) is 19.7 Å². The zero-order valence-corrected chi connectivity index (χ0v) is 22.9. The van der Waals surface area contributed by atoms with Gasteiger partial charge in [0.15, 0.2) is 6.61 Å². The Labute approximate surface area is 236 Å². The zero-order chi connectivity index (χ0) is 27.7. The third kappa shape index (κ3) is 6.32. The van der Waals surface area contributed by atoms with Crippen LogP contribution in [0.4, 0.5) is 0 Å². The number of rotatable bonds is 10. The Morgan fingerprint density at radius 1 is 1.10 bits per heavy atom. The summed E-state index contributed by atoms with van der Waals surface area (Å²) in [5, 5.41) is 8.88. The number of amides is 4. The second-order valence-corrected chi connectivity index (χ2v) is 11.7. The van der Waals surface area contributed by atoms with E-state index in [4.69, 9.17) is 27.9 Å². The van der Waals surface area contributed by atoms with E-state index in [-0.39, 0.29) is 47.7 Å². The molecule has 3 N–H and O–H groups in total. The van der Waals surface area contributed by atoms with Crippen LogP contribution in [0, 0.1) is 17.8 Å². The molecule has 0 bridgehead atoms. The molecule has 5 rings (SSSR count). The highest BCUT2D eigenvalue weighted by molar-refractivity contribution is 6.38. The van der Waals surface area contributed by atoms with Crippen LogP contribution < -0.4 is 20.7 Å². The lowest BCUT2D eigenvalue weighted by Crippen LogP contribution is -2.55. The molecule has 2 heterocycles. The second-order valence-electron chi connectivity index (χ2n) is 10.9. The lowest BCUT2D eigenvalue weighted by molar-refractivity contribution is -0.143. The summed E-state index contributed by atoms with van der Waals surface area (Å²) in [5.74, 6) is -2.66. The van der Waals surface area contributed by atoms with Crippen molar-refractivity contribution >= 4 is 52.6 Å². The summed E-state index contributed by atoms with van der Waals surface area (Å²) in [7, 11) is 0. The van der Waals surface area contributed by atoms with Crippen LogP contribution in [-0.4, -0.2) is 72.1 Å². The van der Waals surface area contributed by atoms with Crippen LogP contribution in [0.25, 0.3) is 0 Å². The summed E-state index contributed by atoms with van der Waals surface area (Å²) in [5.41, 5.74) is 0. The number of Topliss-reactive ketones (excluding diaryl/α,β-unsaturated/α-hetero) is 1. The SMILES string of the molecule is O=C(NC1CC1)C(=O)[C@H](C[C@@H]1CCNC1=O)NC(=O)[C@@H]1[C@H]2CCC[C@H]2CN1C(=O)COc1ccc(Cl)cc1Cl. The number of fused-ring (bicyclic) bond motifs is 1. The van der Waals surface area contributed by atoms with E-state index in [1.807, 2.05) is 0 Å². The summed E-state index contributed by atoms with van der Waals surface area (Å²) in [6, 6.07) is 2.71. The molecular weight excluding hydrogens is 547 g/mol. The molecule has 4 amide bonds. The van der Waals surface area contributed by atoms with Crippen molar-refractivity contribution in [1.82, 2.24) is 20.9 Å². The van der Waals surface area contributed by atoms with E-state index in [9.17, 15) is 24.0 Å². The number of carbonyl (C=O) groups is 5. The van der Waals surface area contributed by atoms with Crippen LogP contribution >= 0.6 is 23.2 Å². The first-order valence-electron chi connectivity index (χ1n) is 13.5. The molecule has 5 atom stereocenters. The smallest absolute Gasteiger partial charge is 0.289 e. The Kier molecular flexibility index (Phi) is 8.32. The van der Waals surface area contributed by atoms with Gasteiger partial charge in [-0.1, -0.05) is 29.6 Å². The van der Waals surface area contributed by atoms with Crippen molar-refractivity contribution in [2.24, 2.45) is 17.8 Å². The molecule has 210 valence electrons. The number of benzene rings is 1. The first kappa shape index (κ1) is 27.7. The monoisotopic (exact) mass is 578 g/mol. The number of ether oxygens (including phenoxy) is 1. The van der Waals surface area contributed by atoms with E-state index in [0.717, 1.165) is 32.1 Å². The fourth-order valence-corrected chi connectivity index (χ4v) is 6.46. The van der Waals surface area contributed by atoms with Crippen molar-refractivity contribution < 1.29 is 28.7 Å². The number of halogens is 2. The Balaban J connectivity index is 1.30. The largest absolute Gasteiger partial charge is 0.482 e. The van der Waals surface area contributed by atoms with Gasteiger partial charge in [0.05, 0.1) is 11.1 Å². The number of nitrogens with one attached hydrogen (secondary N) is 3. The number of nitrogens with zero attached hydrogens (tertiary/aromatic N) is 1. The minimum Gasteiger partial charge on any atom is -0.482 e. The summed E-state index contributed by atoms with van der Waals surface area (Å²) in [4.78, 5) is 66.5.